The van der Waals surface area contributed by atoms with Gasteiger partial charge in [-0.2, -0.15) is 0 Å². The van der Waals surface area contributed by atoms with E-state index in [0.29, 0.717) is 5.92 Å². The molecule has 0 aromatic carbocycles. The van der Waals surface area contributed by atoms with Crippen molar-refractivity contribution in [3.05, 3.63) is 16.1 Å². The van der Waals surface area contributed by atoms with Gasteiger partial charge in [0.05, 0.1) is 10.7 Å². The van der Waals surface area contributed by atoms with E-state index < -0.39 is 0 Å². The Balaban J connectivity index is 1.80. The summed E-state index contributed by atoms with van der Waals surface area (Å²) in [7, 11) is 0. The number of hydrogen-bond acceptors (Lipinski definition) is 4. The van der Waals surface area contributed by atoms with E-state index in [4.69, 9.17) is 10.7 Å². The summed E-state index contributed by atoms with van der Waals surface area (Å²) in [5, 5.41) is 3.49. The van der Waals surface area contributed by atoms with E-state index in [1.165, 1.54) is 43.1 Å². The highest BCUT2D eigenvalue weighted by atomic mass is 32.1. The van der Waals surface area contributed by atoms with Crippen molar-refractivity contribution in [1.82, 2.24) is 9.88 Å². The molecule has 4 heteroatoms. The van der Waals surface area contributed by atoms with Crippen LogP contribution in [0.4, 0.5) is 0 Å². The molecule has 0 bridgehead atoms. The molecule has 1 aliphatic rings. The van der Waals surface area contributed by atoms with Crippen LogP contribution in [0.2, 0.25) is 0 Å². The van der Waals surface area contributed by atoms with Crippen molar-refractivity contribution in [3.8, 4) is 0 Å². The number of likely N-dealkylation sites (tertiary alicyclic amines) is 1. The minimum absolute atomic E-state index is 0.555. The Labute approximate surface area is 114 Å². The number of nitrogens with zero attached hydrogens (tertiary/aromatic N) is 2. The van der Waals surface area contributed by atoms with Crippen LogP contribution in [0.25, 0.3) is 0 Å². The van der Waals surface area contributed by atoms with E-state index in [1.807, 2.05) is 0 Å². The van der Waals surface area contributed by atoms with Gasteiger partial charge < -0.3 is 5.73 Å². The van der Waals surface area contributed by atoms with Crippen molar-refractivity contribution in [2.24, 2.45) is 11.7 Å². The van der Waals surface area contributed by atoms with E-state index in [9.17, 15) is 0 Å². The summed E-state index contributed by atoms with van der Waals surface area (Å²) in [5.74, 6) is 1.41. The molecule has 102 valence electrons. The summed E-state index contributed by atoms with van der Waals surface area (Å²) < 4.78 is 0. The van der Waals surface area contributed by atoms with E-state index in [1.54, 1.807) is 11.3 Å². The van der Waals surface area contributed by atoms with Crippen LogP contribution in [-0.2, 0) is 6.54 Å². The largest absolute Gasteiger partial charge is 0.330 e. The molecule has 0 radical (unpaired) electrons. The van der Waals surface area contributed by atoms with Crippen LogP contribution in [-0.4, -0.2) is 29.5 Å². The Kier molecular flexibility index (Phi) is 5.15. The Hall–Kier alpha value is -0.450. The maximum atomic E-state index is 5.63. The quantitative estimate of drug-likeness (QED) is 0.892. The summed E-state index contributed by atoms with van der Waals surface area (Å²) in [4.78, 5) is 7.25. The lowest BCUT2D eigenvalue weighted by Crippen LogP contribution is -2.33. The molecule has 1 aromatic rings. The summed E-state index contributed by atoms with van der Waals surface area (Å²) in [6.45, 7) is 8.70. The first-order chi connectivity index (χ1) is 8.69. The van der Waals surface area contributed by atoms with Gasteiger partial charge in [-0.05, 0) is 44.8 Å². The third-order valence-corrected chi connectivity index (χ3v) is 4.93. The smallest absolute Gasteiger partial charge is 0.0954 e. The average Bonchev–Trinajstić information content (AvgIpc) is 2.81. The van der Waals surface area contributed by atoms with Crippen LogP contribution in [0.3, 0.4) is 0 Å². The zero-order valence-electron chi connectivity index (χ0n) is 11.6. The van der Waals surface area contributed by atoms with Crippen molar-refractivity contribution in [2.45, 2.75) is 45.6 Å². The molecule has 18 heavy (non-hydrogen) atoms. The standard InChI is InChI=1S/C14H25N3S/c1-11(2)14-16-13(10-18-14)9-17-7-4-12(3-6-15)5-8-17/h10-12H,3-9,15H2,1-2H3. The molecule has 1 fully saturated rings. The Morgan fingerprint density at radius 1 is 1.44 bits per heavy atom. The number of nitrogens with two attached hydrogens (primary N) is 1. The van der Waals surface area contributed by atoms with Gasteiger partial charge >= 0.3 is 0 Å². The second-order valence-corrected chi connectivity index (χ2v) is 6.52. The van der Waals surface area contributed by atoms with Crippen LogP contribution in [0.5, 0.6) is 0 Å². The number of piperidine rings is 1. The molecule has 0 saturated carbocycles. The lowest BCUT2D eigenvalue weighted by molar-refractivity contribution is 0.172. The molecule has 0 spiro atoms. The summed E-state index contributed by atoms with van der Waals surface area (Å²) in [5.41, 5.74) is 6.88. The van der Waals surface area contributed by atoms with Crippen molar-refractivity contribution >= 4 is 11.3 Å². The highest BCUT2D eigenvalue weighted by Gasteiger charge is 2.19. The zero-order chi connectivity index (χ0) is 13.0. The molecule has 2 rings (SSSR count). The van der Waals surface area contributed by atoms with Gasteiger partial charge in [0, 0.05) is 17.8 Å². The Morgan fingerprint density at radius 2 is 2.17 bits per heavy atom. The van der Waals surface area contributed by atoms with Crippen LogP contribution >= 0.6 is 11.3 Å². The molecule has 1 saturated heterocycles. The second-order valence-electron chi connectivity index (χ2n) is 5.63. The maximum absolute atomic E-state index is 5.63. The van der Waals surface area contributed by atoms with Crippen molar-refractivity contribution in [3.63, 3.8) is 0 Å². The lowest BCUT2D eigenvalue weighted by Gasteiger charge is -2.31. The van der Waals surface area contributed by atoms with Gasteiger partial charge in [-0.15, -0.1) is 11.3 Å². The fourth-order valence-corrected chi connectivity index (χ4v) is 3.38. The molecule has 2 N–H and O–H groups in total. The van der Waals surface area contributed by atoms with E-state index in [-0.39, 0.29) is 0 Å². The minimum atomic E-state index is 0.555. The Bertz CT molecular complexity index is 354. The van der Waals surface area contributed by atoms with Crippen molar-refractivity contribution in [1.29, 1.82) is 0 Å². The van der Waals surface area contributed by atoms with Gasteiger partial charge in [0.2, 0.25) is 0 Å². The summed E-state index contributed by atoms with van der Waals surface area (Å²) >= 11 is 1.80. The Morgan fingerprint density at radius 3 is 2.72 bits per heavy atom. The monoisotopic (exact) mass is 267 g/mol. The second kappa shape index (κ2) is 6.64. The van der Waals surface area contributed by atoms with Crippen molar-refractivity contribution < 1.29 is 0 Å². The van der Waals surface area contributed by atoms with Gasteiger partial charge in [-0.3, -0.25) is 4.90 Å². The first-order valence-electron chi connectivity index (χ1n) is 7.05. The maximum Gasteiger partial charge on any atom is 0.0954 e. The normalized spacial score (nSPS) is 18.7. The van der Waals surface area contributed by atoms with Gasteiger partial charge in [0.15, 0.2) is 0 Å². The molecular formula is C14H25N3S. The van der Waals surface area contributed by atoms with Gasteiger partial charge in [-0.25, -0.2) is 4.98 Å². The number of hydrogen-bond donors (Lipinski definition) is 1. The molecule has 3 nitrogen and oxygen atoms in total. The molecule has 0 amide bonds. The number of rotatable bonds is 5. The predicted octanol–water partition coefficient (Wildman–Crippen LogP) is 2.83. The van der Waals surface area contributed by atoms with Crippen molar-refractivity contribution in [2.75, 3.05) is 19.6 Å². The van der Waals surface area contributed by atoms with Crippen LogP contribution in [0, 0.1) is 5.92 Å². The van der Waals surface area contributed by atoms with Gasteiger partial charge in [-0.1, -0.05) is 13.8 Å². The summed E-state index contributed by atoms with van der Waals surface area (Å²) in [6.07, 6.45) is 3.80. The number of aromatic nitrogens is 1. The van der Waals surface area contributed by atoms with Crippen LogP contribution in [0.1, 0.15) is 49.7 Å². The molecule has 2 heterocycles. The average molecular weight is 267 g/mol. The summed E-state index contributed by atoms with van der Waals surface area (Å²) in [6, 6.07) is 0. The third-order valence-electron chi connectivity index (χ3n) is 3.73. The molecule has 1 aromatic heterocycles. The van der Waals surface area contributed by atoms with Crippen LogP contribution < -0.4 is 5.73 Å². The first kappa shape index (κ1) is 14.0. The SMILES string of the molecule is CC(C)c1nc(CN2CCC(CCN)CC2)cs1. The fraction of sp³-hybridized carbons (Fsp3) is 0.786. The van der Waals surface area contributed by atoms with E-state index in [0.717, 1.165) is 19.0 Å². The first-order valence-corrected chi connectivity index (χ1v) is 7.93. The van der Waals surface area contributed by atoms with Gasteiger partial charge in [0.1, 0.15) is 0 Å². The molecule has 0 aliphatic carbocycles. The van der Waals surface area contributed by atoms with E-state index in [2.05, 4.69) is 24.1 Å². The van der Waals surface area contributed by atoms with Crippen LogP contribution in [0.15, 0.2) is 5.38 Å². The van der Waals surface area contributed by atoms with E-state index >= 15 is 0 Å². The fourth-order valence-electron chi connectivity index (χ4n) is 2.56. The third kappa shape index (κ3) is 3.77. The number of thiazole rings is 1. The zero-order valence-corrected chi connectivity index (χ0v) is 12.4. The lowest BCUT2D eigenvalue weighted by atomic mass is 9.93. The predicted molar refractivity (Wildman–Crippen MR) is 77.9 cm³/mol. The molecule has 0 atom stereocenters. The minimum Gasteiger partial charge on any atom is -0.330 e. The highest BCUT2D eigenvalue weighted by molar-refractivity contribution is 7.09. The van der Waals surface area contributed by atoms with Gasteiger partial charge in [0.25, 0.3) is 0 Å². The topological polar surface area (TPSA) is 42.2 Å². The molecule has 0 unspecified atom stereocenters. The molecular weight excluding hydrogens is 242 g/mol. The highest BCUT2D eigenvalue weighted by Crippen LogP contribution is 2.23. The molecule has 1 aliphatic heterocycles.